The van der Waals surface area contributed by atoms with Crippen molar-refractivity contribution in [3.05, 3.63) is 96.1 Å². The van der Waals surface area contributed by atoms with Crippen molar-refractivity contribution in [3.8, 4) is 23.0 Å². The molecule has 0 N–H and O–H groups in total. The van der Waals surface area contributed by atoms with Gasteiger partial charge < -0.3 is 23.7 Å². The highest BCUT2D eigenvalue weighted by molar-refractivity contribution is 5.92. The third-order valence-electron chi connectivity index (χ3n) is 5.97. The van der Waals surface area contributed by atoms with Crippen LogP contribution in [0.5, 0.6) is 23.0 Å². The summed E-state index contributed by atoms with van der Waals surface area (Å²) in [5.74, 6) is 0.472. The highest BCUT2D eigenvalue weighted by Gasteiger charge is 2.14. The second kappa shape index (κ2) is 16.5. The average molecular weight is 561 g/mol. The van der Waals surface area contributed by atoms with E-state index >= 15 is 0 Å². The Morgan fingerprint density at radius 3 is 1.80 bits per heavy atom. The van der Waals surface area contributed by atoms with Gasteiger partial charge in [-0.3, -0.25) is 0 Å². The number of ether oxygens (including phenoxy) is 5. The first-order valence-electron chi connectivity index (χ1n) is 13.7. The zero-order valence-electron chi connectivity index (χ0n) is 23.6. The van der Waals surface area contributed by atoms with E-state index in [0.29, 0.717) is 59.3 Å². The third kappa shape index (κ3) is 10.5. The number of aryl methyl sites for hydroxylation is 1. The van der Waals surface area contributed by atoms with Gasteiger partial charge in [-0.1, -0.05) is 32.8 Å². The fraction of sp³-hybridized carbons (Fsp3) is 0.303. The van der Waals surface area contributed by atoms with E-state index in [-0.39, 0.29) is 6.61 Å². The second-order valence-corrected chi connectivity index (χ2v) is 9.24. The number of hydrogen-bond donors (Lipinski definition) is 0. The topological polar surface area (TPSA) is 97.4 Å². The molecule has 0 fully saturated rings. The maximum Gasteiger partial charge on any atom is 0.343 e. The Bertz CT molecular complexity index is 1300. The maximum atomic E-state index is 12.6. The molecule has 8 heteroatoms. The molecule has 0 aliphatic rings. The van der Waals surface area contributed by atoms with Gasteiger partial charge in [-0.05, 0) is 85.6 Å². The molecule has 41 heavy (non-hydrogen) atoms. The molecule has 8 nitrogen and oxygen atoms in total. The number of rotatable bonds is 16. The van der Waals surface area contributed by atoms with E-state index in [4.69, 9.17) is 23.7 Å². The molecule has 0 radical (unpaired) electrons. The molecular weight excluding hydrogens is 524 g/mol. The van der Waals surface area contributed by atoms with E-state index in [9.17, 15) is 14.4 Å². The van der Waals surface area contributed by atoms with Gasteiger partial charge in [-0.15, -0.1) is 0 Å². The van der Waals surface area contributed by atoms with Crippen molar-refractivity contribution in [1.29, 1.82) is 0 Å². The number of carbonyl (C=O) groups is 3. The van der Waals surface area contributed by atoms with E-state index in [0.717, 1.165) is 18.9 Å². The molecule has 0 unspecified atom stereocenters. The lowest BCUT2D eigenvalue weighted by Gasteiger charge is -2.11. The van der Waals surface area contributed by atoms with Gasteiger partial charge in [0.25, 0.3) is 0 Å². The van der Waals surface area contributed by atoms with Crippen molar-refractivity contribution in [2.45, 2.75) is 46.0 Å². The molecule has 3 aromatic carbocycles. The van der Waals surface area contributed by atoms with Crippen LogP contribution in [-0.4, -0.2) is 37.7 Å². The molecule has 0 aliphatic heterocycles. The van der Waals surface area contributed by atoms with Crippen molar-refractivity contribution >= 4 is 17.9 Å². The predicted octanol–water partition coefficient (Wildman–Crippen LogP) is 6.89. The van der Waals surface area contributed by atoms with Gasteiger partial charge in [0, 0.05) is 12.5 Å². The van der Waals surface area contributed by atoms with Gasteiger partial charge in [0.05, 0.1) is 30.9 Å². The lowest BCUT2D eigenvalue weighted by molar-refractivity contribution is -0.137. The Labute approximate surface area is 240 Å². The van der Waals surface area contributed by atoms with Crippen LogP contribution in [0.25, 0.3) is 0 Å². The zero-order chi connectivity index (χ0) is 29.5. The van der Waals surface area contributed by atoms with Crippen molar-refractivity contribution < 1.29 is 38.1 Å². The lowest BCUT2D eigenvalue weighted by atomic mass is 10.2. The molecule has 3 rings (SSSR count). The summed E-state index contributed by atoms with van der Waals surface area (Å²) in [5.41, 5.74) is 1.39. The quantitative estimate of drug-likeness (QED) is 0.0809. The smallest absolute Gasteiger partial charge is 0.343 e. The van der Waals surface area contributed by atoms with E-state index in [1.165, 1.54) is 12.8 Å². The van der Waals surface area contributed by atoms with Gasteiger partial charge in [-0.25, -0.2) is 14.4 Å². The summed E-state index contributed by atoms with van der Waals surface area (Å²) in [6, 6.07) is 18.2. The van der Waals surface area contributed by atoms with E-state index in [1.54, 1.807) is 73.7 Å². The van der Waals surface area contributed by atoms with Crippen LogP contribution in [0, 0.1) is 6.92 Å². The lowest BCUT2D eigenvalue weighted by Crippen LogP contribution is -2.11. The van der Waals surface area contributed by atoms with E-state index in [1.807, 2.05) is 0 Å². The van der Waals surface area contributed by atoms with Crippen molar-refractivity contribution in [2.75, 3.05) is 19.8 Å². The summed E-state index contributed by atoms with van der Waals surface area (Å²) in [7, 11) is 0. The number of carbonyl (C=O) groups excluding carboxylic acids is 3. The normalized spacial score (nSPS) is 10.4. The molecular formula is C33H36O8. The SMILES string of the molecule is C=CC(=O)OCCCOc1ccc(C(=O)Oc2ccc(OC(=O)c3ccc(OCCCCCC)cc3)c(C)c2)cc1. The number of esters is 3. The monoisotopic (exact) mass is 560 g/mol. The van der Waals surface area contributed by atoms with Gasteiger partial charge in [0.15, 0.2) is 0 Å². The van der Waals surface area contributed by atoms with E-state index in [2.05, 4.69) is 13.5 Å². The van der Waals surface area contributed by atoms with Gasteiger partial charge in [-0.2, -0.15) is 0 Å². The summed E-state index contributed by atoms with van der Waals surface area (Å²) >= 11 is 0. The third-order valence-corrected chi connectivity index (χ3v) is 5.97. The van der Waals surface area contributed by atoms with Gasteiger partial charge in [0.2, 0.25) is 0 Å². The van der Waals surface area contributed by atoms with Crippen LogP contribution >= 0.6 is 0 Å². The number of unbranched alkanes of at least 4 members (excludes halogenated alkanes) is 3. The number of benzene rings is 3. The zero-order valence-corrected chi connectivity index (χ0v) is 23.6. The van der Waals surface area contributed by atoms with Crippen LogP contribution in [0.3, 0.4) is 0 Å². The second-order valence-electron chi connectivity index (χ2n) is 9.24. The van der Waals surface area contributed by atoms with Crippen LogP contribution in [0.15, 0.2) is 79.4 Å². The molecule has 0 amide bonds. The first-order chi connectivity index (χ1) is 19.9. The van der Waals surface area contributed by atoms with Gasteiger partial charge in [0.1, 0.15) is 23.0 Å². The standard InChI is InChI=1S/C33H36O8/c1-4-6-7-8-20-37-27-16-12-26(13-17-27)33(36)41-30-19-18-29(23-24(30)3)40-32(35)25-10-14-28(15-11-25)38-21-9-22-39-31(34)5-2/h5,10-19,23H,2,4,6-9,20-22H2,1,3H3. The summed E-state index contributed by atoms with van der Waals surface area (Å²) in [4.78, 5) is 36.3. The van der Waals surface area contributed by atoms with Crippen molar-refractivity contribution in [1.82, 2.24) is 0 Å². The summed E-state index contributed by atoms with van der Waals surface area (Å²) in [6.45, 7) is 8.50. The first-order valence-corrected chi connectivity index (χ1v) is 13.7. The highest BCUT2D eigenvalue weighted by atomic mass is 16.5. The average Bonchev–Trinajstić information content (AvgIpc) is 2.98. The van der Waals surface area contributed by atoms with E-state index < -0.39 is 17.9 Å². The molecule has 0 spiro atoms. The number of hydrogen-bond acceptors (Lipinski definition) is 8. The maximum absolute atomic E-state index is 12.6. The molecule has 216 valence electrons. The van der Waals surface area contributed by atoms with Crippen LogP contribution in [0.2, 0.25) is 0 Å². The Balaban J connectivity index is 1.46. The minimum Gasteiger partial charge on any atom is -0.494 e. The Hall–Kier alpha value is -4.59. The fourth-order valence-electron chi connectivity index (χ4n) is 3.70. The largest absolute Gasteiger partial charge is 0.494 e. The van der Waals surface area contributed by atoms with Crippen LogP contribution in [-0.2, 0) is 9.53 Å². The molecule has 0 saturated carbocycles. The van der Waals surface area contributed by atoms with Crippen LogP contribution < -0.4 is 18.9 Å². The minimum absolute atomic E-state index is 0.231. The summed E-state index contributed by atoms with van der Waals surface area (Å²) < 4.78 is 27.2. The molecule has 0 saturated heterocycles. The molecule has 0 aromatic heterocycles. The predicted molar refractivity (Wildman–Crippen MR) is 155 cm³/mol. The Morgan fingerprint density at radius 2 is 1.24 bits per heavy atom. The molecule has 0 atom stereocenters. The van der Waals surface area contributed by atoms with Crippen molar-refractivity contribution in [3.63, 3.8) is 0 Å². The fourth-order valence-corrected chi connectivity index (χ4v) is 3.70. The minimum atomic E-state index is -0.537. The van der Waals surface area contributed by atoms with Gasteiger partial charge >= 0.3 is 17.9 Å². The molecule has 0 bridgehead atoms. The van der Waals surface area contributed by atoms with Crippen LogP contribution in [0.1, 0.15) is 65.3 Å². The van der Waals surface area contributed by atoms with Crippen LogP contribution in [0.4, 0.5) is 0 Å². The Morgan fingerprint density at radius 1 is 0.683 bits per heavy atom. The first kappa shape index (κ1) is 30.9. The Kier molecular flexibility index (Phi) is 12.5. The molecule has 0 heterocycles. The summed E-state index contributed by atoms with van der Waals surface area (Å²) in [6.07, 6.45) is 6.15. The molecule has 3 aromatic rings. The molecule has 0 aliphatic carbocycles. The highest BCUT2D eigenvalue weighted by Crippen LogP contribution is 2.26. The van der Waals surface area contributed by atoms with Crippen molar-refractivity contribution in [2.24, 2.45) is 0 Å². The summed E-state index contributed by atoms with van der Waals surface area (Å²) in [5, 5.41) is 0.